The summed E-state index contributed by atoms with van der Waals surface area (Å²) in [6, 6.07) is 5.98. The highest BCUT2D eigenvalue weighted by molar-refractivity contribution is 5.71. The van der Waals surface area contributed by atoms with Crippen molar-refractivity contribution in [1.82, 2.24) is 4.90 Å². The van der Waals surface area contributed by atoms with Gasteiger partial charge in [-0.3, -0.25) is 9.69 Å². The van der Waals surface area contributed by atoms with Crippen LogP contribution in [0.15, 0.2) is 18.2 Å². The molecule has 1 saturated heterocycles. The fourth-order valence-corrected chi connectivity index (χ4v) is 2.70. The van der Waals surface area contributed by atoms with Gasteiger partial charge in [-0.2, -0.15) is 0 Å². The molecule has 0 amide bonds. The van der Waals surface area contributed by atoms with E-state index in [0.717, 1.165) is 43.4 Å². The summed E-state index contributed by atoms with van der Waals surface area (Å²) in [5.41, 5.74) is 1.07. The molecule has 6 nitrogen and oxygen atoms in total. The van der Waals surface area contributed by atoms with Crippen LogP contribution in [0.1, 0.15) is 7.43 Å². The number of hydrogen-bond donors (Lipinski definition) is 0. The number of ether oxygens (including phenoxy) is 3. The molecule has 122 valence electrons. The second-order valence-corrected chi connectivity index (χ2v) is 5.14. The van der Waals surface area contributed by atoms with Crippen LogP contribution in [0, 0.1) is 0 Å². The number of methoxy groups -OCH3 is 1. The van der Waals surface area contributed by atoms with E-state index in [1.54, 1.807) is 0 Å². The molecule has 2 heterocycles. The van der Waals surface area contributed by atoms with E-state index < -0.39 is 0 Å². The minimum Gasteiger partial charge on any atom is -0.486 e. The van der Waals surface area contributed by atoms with Crippen LogP contribution in [0.5, 0.6) is 11.5 Å². The van der Waals surface area contributed by atoms with E-state index in [2.05, 4.69) is 15.9 Å². The van der Waals surface area contributed by atoms with Crippen LogP contribution >= 0.6 is 0 Å². The lowest BCUT2D eigenvalue weighted by atomic mass is 10.2. The van der Waals surface area contributed by atoms with Crippen molar-refractivity contribution in [1.29, 1.82) is 0 Å². The number of esters is 1. The van der Waals surface area contributed by atoms with Gasteiger partial charge in [0, 0.05) is 26.2 Å². The maximum Gasteiger partial charge on any atom is 0.319 e. The molecule has 0 radical (unpaired) electrons. The molecule has 22 heavy (non-hydrogen) atoms. The average molecular weight is 308 g/mol. The van der Waals surface area contributed by atoms with Crippen molar-refractivity contribution in [2.24, 2.45) is 0 Å². The van der Waals surface area contributed by atoms with Crippen molar-refractivity contribution < 1.29 is 19.0 Å². The van der Waals surface area contributed by atoms with Crippen LogP contribution in [0.3, 0.4) is 0 Å². The Kier molecular flexibility index (Phi) is 5.49. The first-order valence-corrected chi connectivity index (χ1v) is 7.20. The zero-order chi connectivity index (χ0) is 14.7. The van der Waals surface area contributed by atoms with Gasteiger partial charge in [0.2, 0.25) is 0 Å². The number of benzene rings is 1. The molecule has 6 heteroatoms. The third-order valence-corrected chi connectivity index (χ3v) is 3.84. The summed E-state index contributed by atoms with van der Waals surface area (Å²) in [5, 5.41) is 0. The number of piperazine rings is 1. The molecule has 0 aromatic heterocycles. The van der Waals surface area contributed by atoms with E-state index >= 15 is 0 Å². The Labute approximate surface area is 131 Å². The minimum atomic E-state index is -0.183. The third-order valence-electron chi connectivity index (χ3n) is 3.84. The lowest BCUT2D eigenvalue weighted by molar-refractivity contribution is -0.142. The molecule has 1 aromatic carbocycles. The summed E-state index contributed by atoms with van der Waals surface area (Å²) in [6.45, 7) is 4.93. The fraction of sp³-hybridized carbons (Fsp3) is 0.562. The average Bonchev–Trinajstić information content (AvgIpc) is 2.55. The van der Waals surface area contributed by atoms with E-state index in [0.29, 0.717) is 19.8 Å². The molecule has 1 fully saturated rings. The highest BCUT2D eigenvalue weighted by atomic mass is 16.6. The summed E-state index contributed by atoms with van der Waals surface area (Å²) < 4.78 is 16.1. The van der Waals surface area contributed by atoms with Gasteiger partial charge in [-0.05, 0) is 12.1 Å². The SMILES string of the molecule is C.COC(=O)CN1CCN(c2cccc3c2OCCO3)CC1. The Bertz CT molecular complexity index is 513. The van der Waals surface area contributed by atoms with Gasteiger partial charge in [0.05, 0.1) is 19.3 Å². The molecule has 3 rings (SSSR count). The lowest BCUT2D eigenvalue weighted by Gasteiger charge is -2.36. The van der Waals surface area contributed by atoms with Gasteiger partial charge in [-0.25, -0.2) is 0 Å². The molecule has 2 aliphatic heterocycles. The zero-order valence-corrected chi connectivity index (χ0v) is 12.2. The Balaban J connectivity index is 0.00000176. The summed E-state index contributed by atoms with van der Waals surface area (Å²) in [7, 11) is 1.42. The highest BCUT2D eigenvalue weighted by Gasteiger charge is 2.24. The molecule has 0 unspecified atom stereocenters. The number of para-hydroxylation sites is 1. The van der Waals surface area contributed by atoms with Crippen molar-refractivity contribution in [2.75, 3.05) is 57.9 Å². The molecule has 0 aliphatic carbocycles. The standard InChI is InChI=1S/C15H20N2O4.CH4/c1-19-14(18)11-16-5-7-17(8-6-16)12-3-2-4-13-15(12)21-10-9-20-13;/h2-4H,5-11H2,1H3;1H4. The van der Waals surface area contributed by atoms with E-state index in [-0.39, 0.29) is 13.4 Å². The van der Waals surface area contributed by atoms with E-state index in [1.165, 1.54) is 7.11 Å². The number of hydrogen-bond acceptors (Lipinski definition) is 6. The van der Waals surface area contributed by atoms with Crippen molar-refractivity contribution in [3.63, 3.8) is 0 Å². The fourth-order valence-electron chi connectivity index (χ4n) is 2.70. The van der Waals surface area contributed by atoms with Crippen LogP contribution in [-0.2, 0) is 9.53 Å². The van der Waals surface area contributed by atoms with Crippen molar-refractivity contribution in [2.45, 2.75) is 7.43 Å². The Morgan fingerprint density at radius 3 is 2.64 bits per heavy atom. The lowest BCUT2D eigenvalue weighted by Crippen LogP contribution is -2.48. The molecule has 0 saturated carbocycles. The van der Waals surface area contributed by atoms with Gasteiger partial charge < -0.3 is 19.1 Å². The number of carbonyl (C=O) groups excluding carboxylic acids is 1. The van der Waals surface area contributed by atoms with Gasteiger partial charge in [0.1, 0.15) is 13.2 Å². The maximum atomic E-state index is 11.3. The van der Waals surface area contributed by atoms with E-state index in [1.807, 2.05) is 12.1 Å². The summed E-state index contributed by atoms with van der Waals surface area (Å²) in [5.74, 6) is 1.47. The second-order valence-electron chi connectivity index (χ2n) is 5.14. The predicted molar refractivity (Wildman–Crippen MR) is 84.8 cm³/mol. The topological polar surface area (TPSA) is 51.2 Å². The smallest absolute Gasteiger partial charge is 0.319 e. The normalized spacial score (nSPS) is 17.6. The molecule has 0 atom stereocenters. The van der Waals surface area contributed by atoms with Crippen LogP contribution < -0.4 is 14.4 Å². The van der Waals surface area contributed by atoms with Crippen LogP contribution in [-0.4, -0.2) is 63.9 Å². The number of anilines is 1. The van der Waals surface area contributed by atoms with Gasteiger partial charge in [0.15, 0.2) is 11.5 Å². The van der Waals surface area contributed by atoms with Gasteiger partial charge in [-0.15, -0.1) is 0 Å². The number of nitrogens with zero attached hydrogens (tertiary/aromatic N) is 2. The van der Waals surface area contributed by atoms with Crippen LogP contribution in [0.25, 0.3) is 0 Å². The Morgan fingerprint density at radius 1 is 1.18 bits per heavy atom. The molecule has 2 aliphatic rings. The first-order valence-electron chi connectivity index (χ1n) is 7.20. The maximum absolute atomic E-state index is 11.3. The molecular formula is C16H24N2O4. The van der Waals surface area contributed by atoms with Crippen LogP contribution in [0.4, 0.5) is 5.69 Å². The molecule has 0 spiro atoms. The Hall–Kier alpha value is -1.95. The van der Waals surface area contributed by atoms with Crippen molar-refractivity contribution >= 4 is 11.7 Å². The third kappa shape index (κ3) is 3.44. The quantitative estimate of drug-likeness (QED) is 0.787. The van der Waals surface area contributed by atoms with Gasteiger partial charge in [0.25, 0.3) is 0 Å². The number of rotatable bonds is 3. The van der Waals surface area contributed by atoms with E-state index in [9.17, 15) is 4.79 Å². The van der Waals surface area contributed by atoms with Gasteiger partial charge >= 0.3 is 5.97 Å². The summed E-state index contributed by atoms with van der Waals surface area (Å²) in [6.07, 6.45) is 0. The zero-order valence-electron chi connectivity index (χ0n) is 12.2. The Morgan fingerprint density at radius 2 is 1.91 bits per heavy atom. The number of fused-ring (bicyclic) bond motifs is 1. The van der Waals surface area contributed by atoms with Crippen LogP contribution in [0.2, 0.25) is 0 Å². The highest BCUT2D eigenvalue weighted by Crippen LogP contribution is 2.39. The molecular weight excluding hydrogens is 284 g/mol. The summed E-state index contributed by atoms with van der Waals surface area (Å²) in [4.78, 5) is 15.7. The van der Waals surface area contributed by atoms with Crippen molar-refractivity contribution in [3.05, 3.63) is 18.2 Å². The molecule has 1 aromatic rings. The largest absolute Gasteiger partial charge is 0.486 e. The first-order chi connectivity index (χ1) is 10.3. The summed E-state index contributed by atoms with van der Waals surface area (Å²) >= 11 is 0. The predicted octanol–water partition coefficient (Wildman–Crippen LogP) is 1.39. The first kappa shape index (κ1) is 16.4. The van der Waals surface area contributed by atoms with Crippen molar-refractivity contribution in [3.8, 4) is 11.5 Å². The van der Waals surface area contributed by atoms with E-state index in [4.69, 9.17) is 14.2 Å². The minimum absolute atomic E-state index is 0. The molecule has 0 N–H and O–H groups in total. The monoisotopic (exact) mass is 308 g/mol. The molecule has 0 bridgehead atoms. The second kappa shape index (κ2) is 7.35. The van der Waals surface area contributed by atoms with Gasteiger partial charge in [-0.1, -0.05) is 13.5 Å². The number of carbonyl (C=O) groups is 1.